The number of hydrogen-bond donors (Lipinski definition) is 4. The molecule has 5 atom stereocenters. The molecule has 2 heterocycles. The maximum Gasteiger partial charge on any atom is 0.246 e. The summed E-state index contributed by atoms with van der Waals surface area (Å²) in [4.78, 5) is 54.9. The largest absolute Gasteiger partial charge is 0.497 e. The van der Waals surface area contributed by atoms with Crippen molar-refractivity contribution in [3.63, 3.8) is 0 Å². The van der Waals surface area contributed by atoms with E-state index in [1.807, 2.05) is 80.6 Å². The minimum Gasteiger partial charge on any atom is -0.497 e. The van der Waals surface area contributed by atoms with Crippen LogP contribution >= 0.6 is 0 Å². The van der Waals surface area contributed by atoms with E-state index >= 15 is 0 Å². The van der Waals surface area contributed by atoms with Crippen LogP contribution < -0.4 is 26.4 Å². The SMILES string of the molecule is CN[C@@H](C)C(=O)N[C@H](C(=O)N1C[C@H](n2cc(-c3ccc4cc(OC)ccc4c3)nn2)C[C@H]1C(=O)N[C@@H](Cc1ccccc1)C(N)=O)C(C)C. The van der Waals surface area contributed by atoms with Crippen LogP contribution in [0.5, 0.6) is 5.75 Å². The lowest BCUT2D eigenvalue weighted by atomic mass is 10.0. The molecular weight excluding hydrogens is 624 g/mol. The number of primary amides is 1. The smallest absolute Gasteiger partial charge is 0.246 e. The molecule has 0 radical (unpaired) electrons. The number of methoxy groups -OCH3 is 1. The van der Waals surface area contributed by atoms with Crippen molar-refractivity contribution in [1.29, 1.82) is 0 Å². The zero-order valence-electron chi connectivity index (χ0n) is 28.4. The first kappa shape index (κ1) is 35.0. The summed E-state index contributed by atoms with van der Waals surface area (Å²) in [5.74, 6) is -1.45. The number of carbonyl (C=O) groups excluding carboxylic acids is 4. The highest BCUT2D eigenvalue weighted by Gasteiger charge is 2.44. The second-order valence-corrected chi connectivity index (χ2v) is 12.8. The van der Waals surface area contributed by atoms with Gasteiger partial charge in [0, 0.05) is 24.9 Å². The molecule has 1 aromatic heterocycles. The van der Waals surface area contributed by atoms with Gasteiger partial charge in [0.2, 0.25) is 23.6 Å². The Hall–Kier alpha value is -5.30. The second kappa shape index (κ2) is 15.3. The van der Waals surface area contributed by atoms with Crippen molar-refractivity contribution in [1.82, 2.24) is 35.8 Å². The zero-order chi connectivity index (χ0) is 35.2. The van der Waals surface area contributed by atoms with Crippen molar-refractivity contribution in [2.45, 2.75) is 63.8 Å². The van der Waals surface area contributed by atoms with E-state index in [0.29, 0.717) is 5.69 Å². The summed E-state index contributed by atoms with van der Waals surface area (Å²) < 4.78 is 7.01. The lowest BCUT2D eigenvalue weighted by molar-refractivity contribution is -0.143. The van der Waals surface area contributed by atoms with E-state index in [2.05, 4.69) is 26.3 Å². The summed E-state index contributed by atoms with van der Waals surface area (Å²) in [7, 11) is 3.29. The minimum atomic E-state index is -0.992. The molecule has 0 aliphatic carbocycles. The molecule has 258 valence electrons. The van der Waals surface area contributed by atoms with Crippen LogP contribution in [-0.2, 0) is 25.6 Å². The third kappa shape index (κ3) is 8.06. The molecule has 1 aliphatic rings. The van der Waals surface area contributed by atoms with Gasteiger partial charge in [-0.05, 0) is 54.4 Å². The quantitative estimate of drug-likeness (QED) is 0.168. The molecule has 5 rings (SSSR count). The van der Waals surface area contributed by atoms with E-state index in [9.17, 15) is 19.2 Å². The van der Waals surface area contributed by atoms with Gasteiger partial charge in [-0.3, -0.25) is 19.2 Å². The Balaban J connectivity index is 1.42. The van der Waals surface area contributed by atoms with Crippen LogP contribution in [0.4, 0.5) is 0 Å². The Labute approximate surface area is 285 Å². The molecule has 0 unspecified atom stereocenters. The molecule has 4 amide bonds. The Bertz CT molecular complexity index is 1810. The van der Waals surface area contributed by atoms with Crippen LogP contribution in [0.1, 0.15) is 38.8 Å². The molecule has 1 aliphatic heterocycles. The molecule has 4 aromatic rings. The van der Waals surface area contributed by atoms with Crippen LogP contribution in [0.3, 0.4) is 0 Å². The van der Waals surface area contributed by atoms with Crippen molar-refractivity contribution in [3.8, 4) is 17.0 Å². The number of nitrogens with zero attached hydrogens (tertiary/aromatic N) is 4. The number of likely N-dealkylation sites (N-methyl/N-ethyl adjacent to an activating group) is 1. The predicted octanol–water partition coefficient (Wildman–Crippen LogP) is 2.21. The molecule has 0 saturated carbocycles. The zero-order valence-corrected chi connectivity index (χ0v) is 28.4. The average Bonchev–Trinajstić information content (AvgIpc) is 3.78. The molecule has 13 nitrogen and oxygen atoms in total. The Morgan fingerprint density at radius 3 is 2.37 bits per heavy atom. The van der Waals surface area contributed by atoms with Gasteiger partial charge in [0.25, 0.3) is 0 Å². The molecule has 49 heavy (non-hydrogen) atoms. The standard InChI is InChI=1S/C36H44N8O5/c1-21(2)32(40-34(46)22(3)38-4)36(48)43-19-27(18-31(43)35(47)39-29(33(37)45)15-23-9-7-6-8-10-23)44-20-30(41-42-44)26-12-11-25-17-28(49-5)14-13-24(25)16-26/h6-14,16-17,20-22,27,29,31-32,38H,15,18-19H2,1-5H3,(H2,37,45)(H,39,47)(H,40,46)/t22-,27+,29-,31-,32-/m0/s1. The first-order chi connectivity index (χ1) is 23.5. The summed E-state index contributed by atoms with van der Waals surface area (Å²) in [6.45, 7) is 5.51. The molecule has 1 saturated heterocycles. The van der Waals surface area contributed by atoms with E-state index < -0.39 is 47.9 Å². The van der Waals surface area contributed by atoms with Gasteiger partial charge >= 0.3 is 0 Å². The summed E-state index contributed by atoms with van der Waals surface area (Å²) in [6, 6.07) is 17.2. The number of ether oxygens (including phenoxy) is 1. The van der Waals surface area contributed by atoms with Crippen molar-refractivity contribution >= 4 is 34.4 Å². The topological polar surface area (TPSA) is 174 Å². The monoisotopic (exact) mass is 668 g/mol. The fourth-order valence-electron chi connectivity index (χ4n) is 6.04. The lowest BCUT2D eigenvalue weighted by Gasteiger charge is -2.31. The molecule has 5 N–H and O–H groups in total. The number of benzene rings is 3. The van der Waals surface area contributed by atoms with Crippen LogP contribution in [0.25, 0.3) is 22.0 Å². The van der Waals surface area contributed by atoms with Gasteiger partial charge in [-0.15, -0.1) is 5.10 Å². The van der Waals surface area contributed by atoms with Gasteiger partial charge in [-0.2, -0.15) is 0 Å². The van der Waals surface area contributed by atoms with E-state index in [1.165, 1.54) is 4.90 Å². The van der Waals surface area contributed by atoms with Gasteiger partial charge < -0.3 is 31.3 Å². The Kier molecular flexibility index (Phi) is 10.9. The van der Waals surface area contributed by atoms with Gasteiger partial charge in [-0.25, -0.2) is 4.68 Å². The molecule has 0 spiro atoms. The molecule has 3 aromatic carbocycles. The summed E-state index contributed by atoms with van der Waals surface area (Å²) in [5, 5.41) is 19.4. The first-order valence-corrected chi connectivity index (χ1v) is 16.4. The van der Waals surface area contributed by atoms with Crippen molar-refractivity contribution in [3.05, 3.63) is 78.5 Å². The Morgan fingerprint density at radius 2 is 1.69 bits per heavy atom. The summed E-state index contributed by atoms with van der Waals surface area (Å²) in [5.41, 5.74) is 8.04. The van der Waals surface area contributed by atoms with Gasteiger partial charge in [0.15, 0.2) is 0 Å². The normalized spacial score (nSPS) is 17.8. The van der Waals surface area contributed by atoms with Crippen LogP contribution in [-0.4, -0.2) is 88.4 Å². The highest BCUT2D eigenvalue weighted by Crippen LogP contribution is 2.31. The minimum absolute atomic E-state index is 0.137. The third-order valence-corrected chi connectivity index (χ3v) is 9.09. The number of amides is 4. The van der Waals surface area contributed by atoms with Crippen LogP contribution in [0.2, 0.25) is 0 Å². The number of hydrogen-bond acceptors (Lipinski definition) is 8. The maximum absolute atomic E-state index is 14.2. The van der Waals surface area contributed by atoms with E-state index in [4.69, 9.17) is 10.5 Å². The van der Waals surface area contributed by atoms with E-state index in [-0.39, 0.29) is 31.2 Å². The molecular formula is C36H44N8O5. The maximum atomic E-state index is 14.2. The van der Waals surface area contributed by atoms with Gasteiger partial charge in [0.05, 0.1) is 25.4 Å². The van der Waals surface area contributed by atoms with Crippen LogP contribution in [0.15, 0.2) is 72.9 Å². The number of likely N-dealkylation sites (tertiary alicyclic amines) is 1. The summed E-state index contributed by atoms with van der Waals surface area (Å²) in [6.07, 6.45) is 2.21. The van der Waals surface area contributed by atoms with Crippen molar-refractivity contribution in [2.75, 3.05) is 20.7 Å². The number of nitrogens with two attached hydrogens (primary N) is 1. The number of fused-ring (bicyclic) bond motifs is 1. The first-order valence-electron chi connectivity index (χ1n) is 16.4. The molecule has 0 bridgehead atoms. The van der Waals surface area contributed by atoms with Crippen molar-refractivity contribution < 1.29 is 23.9 Å². The highest BCUT2D eigenvalue weighted by molar-refractivity contribution is 5.95. The third-order valence-electron chi connectivity index (χ3n) is 9.09. The van der Waals surface area contributed by atoms with Crippen molar-refractivity contribution in [2.24, 2.45) is 11.7 Å². The number of carbonyl (C=O) groups is 4. The summed E-state index contributed by atoms with van der Waals surface area (Å²) >= 11 is 0. The lowest BCUT2D eigenvalue weighted by Crippen LogP contribution is -2.58. The Morgan fingerprint density at radius 1 is 0.980 bits per heavy atom. The number of rotatable bonds is 13. The fraction of sp³-hybridized carbons (Fsp3) is 0.389. The highest BCUT2D eigenvalue weighted by atomic mass is 16.5. The van der Waals surface area contributed by atoms with Gasteiger partial charge in [-0.1, -0.05) is 67.6 Å². The average molecular weight is 669 g/mol. The fourth-order valence-corrected chi connectivity index (χ4v) is 6.04. The molecule has 1 fully saturated rings. The van der Waals surface area contributed by atoms with Gasteiger partial charge in [0.1, 0.15) is 29.6 Å². The molecule has 13 heteroatoms. The number of nitrogens with one attached hydrogen (secondary N) is 3. The second-order valence-electron chi connectivity index (χ2n) is 12.8. The number of aromatic nitrogens is 3. The van der Waals surface area contributed by atoms with E-state index in [0.717, 1.165) is 27.6 Å². The van der Waals surface area contributed by atoms with Crippen LogP contribution in [0, 0.1) is 5.92 Å². The predicted molar refractivity (Wildman–Crippen MR) is 185 cm³/mol. The van der Waals surface area contributed by atoms with E-state index in [1.54, 1.807) is 32.0 Å².